The van der Waals surface area contributed by atoms with Gasteiger partial charge in [0.2, 0.25) is 5.91 Å². The Bertz CT molecular complexity index is 368. The minimum atomic E-state index is -0.102. The summed E-state index contributed by atoms with van der Waals surface area (Å²) in [5.74, 6) is 0.651. The van der Waals surface area contributed by atoms with Gasteiger partial charge in [-0.25, -0.2) is 0 Å². The summed E-state index contributed by atoms with van der Waals surface area (Å²) in [6.45, 7) is 0. The summed E-state index contributed by atoms with van der Waals surface area (Å²) < 4.78 is 0. The molecule has 1 amide bonds. The first-order valence-electron chi connectivity index (χ1n) is 6.15. The molecule has 0 saturated heterocycles. The molecule has 1 aromatic carbocycles. The normalized spacial score (nSPS) is 17.2. The standard InChI is InChI=1S/C14H18ClNO/c15-11-14(9-4-10-14)16-13(17)8-7-12-5-2-1-3-6-12/h1-3,5-6H,4,7-11H2,(H,16,17). The topological polar surface area (TPSA) is 29.1 Å². The zero-order valence-electron chi connectivity index (χ0n) is 9.92. The van der Waals surface area contributed by atoms with Crippen molar-refractivity contribution in [1.82, 2.24) is 5.32 Å². The van der Waals surface area contributed by atoms with Gasteiger partial charge in [0.1, 0.15) is 0 Å². The number of amides is 1. The van der Waals surface area contributed by atoms with Gasteiger partial charge in [-0.3, -0.25) is 4.79 Å². The van der Waals surface area contributed by atoms with Gasteiger partial charge in [0.15, 0.2) is 0 Å². The first-order valence-corrected chi connectivity index (χ1v) is 6.68. The Morgan fingerprint density at radius 2 is 2.00 bits per heavy atom. The average Bonchev–Trinajstić information content (AvgIpc) is 2.33. The summed E-state index contributed by atoms with van der Waals surface area (Å²) in [7, 11) is 0. The summed E-state index contributed by atoms with van der Waals surface area (Å²) in [6.07, 6.45) is 4.56. The number of nitrogens with one attached hydrogen (secondary N) is 1. The monoisotopic (exact) mass is 251 g/mol. The highest BCUT2D eigenvalue weighted by atomic mass is 35.5. The fraction of sp³-hybridized carbons (Fsp3) is 0.500. The highest BCUT2D eigenvalue weighted by Crippen LogP contribution is 2.32. The Labute approximate surface area is 107 Å². The maximum Gasteiger partial charge on any atom is 0.220 e. The molecule has 92 valence electrons. The minimum absolute atomic E-state index is 0.102. The molecule has 3 heteroatoms. The van der Waals surface area contributed by atoms with Crippen LogP contribution in [0.1, 0.15) is 31.2 Å². The molecular weight excluding hydrogens is 234 g/mol. The molecule has 0 atom stereocenters. The lowest BCUT2D eigenvalue weighted by molar-refractivity contribution is -0.123. The number of carbonyl (C=O) groups excluding carboxylic acids is 1. The third-order valence-electron chi connectivity index (χ3n) is 3.45. The summed E-state index contributed by atoms with van der Waals surface area (Å²) in [6, 6.07) is 10.1. The summed E-state index contributed by atoms with van der Waals surface area (Å²) in [5.41, 5.74) is 1.10. The van der Waals surface area contributed by atoms with E-state index in [1.165, 1.54) is 12.0 Å². The lowest BCUT2D eigenvalue weighted by Gasteiger charge is -2.41. The molecule has 0 unspecified atom stereocenters. The van der Waals surface area contributed by atoms with Crippen LogP contribution in [0.15, 0.2) is 30.3 Å². The van der Waals surface area contributed by atoms with Crippen molar-refractivity contribution in [1.29, 1.82) is 0 Å². The van der Waals surface area contributed by atoms with Crippen LogP contribution in [0.4, 0.5) is 0 Å². The Kier molecular flexibility index (Phi) is 4.06. The maximum atomic E-state index is 11.8. The van der Waals surface area contributed by atoms with Crippen molar-refractivity contribution < 1.29 is 4.79 Å². The molecule has 0 spiro atoms. The quantitative estimate of drug-likeness (QED) is 0.801. The van der Waals surface area contributed by atoms with E-state index in [2.05, 4.69) is 5.32 Å². The van der Waals surface area contributed by atoms with E-state index >= 15 is 0 Å². The first-order chi connectivity index (χ1) is 8.24. The van der Waals surface area contributed by atoms with Crippen LogP contribution in [-0.4, -0.2) is 17.3 Å². The maximum absolute atomic E-state index is 11.8. The smallest absolute Gasteiger partial charge is 0.220 e. The van der Waals surface area contributed by atoms with E-state index in [4.69, 9.17) is 11.6 Å². The van der Waals surface area contributed by atoms with E-state index in [0.717, 1.165) is 19.3 Å². The number of alkyl halides is 1. The van der Waals surface area contributed by atoms with Crippen LogP contribution in [0.25, 0.3) is 0 Å². The van der Waals surface area contributed by atoms with Gasteiger partial charge in [0.25, 0.3) is 0 Å². The van der Waals surface area contributed by atoms with Gasteiger partial charge in [-0.2, -0.15) is 0 Å². The van der Waals surface area contributed by atoms with Crippen LogP contribution in [-0.2, 0) is 11.2 Å². The van der Waals surface area contributed by atoms with Crippen LogP contribution in [0, 0.1) is 0 Å². The summed E-state index contributed by atoms with van der Waals surface area (Å²) >= 11 is 5.91. The number of benzene rings is 1. The van der Waals surface area contributed by atoms with Crippen molar-refractivity contribution in [3.05, 3.63) is 35.9 Å². The van der Waals surface area contributed by atoms with Crippen LogP contribution in [0.3, 0.4) is 0 Å². The van der Waals surface area contributed by atoms with Crippen molar-refractivity contribution in [3.63, 3.8) is 0 Å². The molecule has 17 heavy (non-hydrogen) atoms. The van der Waals surface area contributed by atoms with Crippen molar-refractivity contribution in [2.45, 2.75) is 37.6 Å². The van der Waals surface area contributed by atoms with Gasteiger partial charge in [-0.1, -0.05) is 30.3 Å². The van der Waals surface area contributed by atoms with Crippen LogP contribution >= 0.6 is 11.6 Å². The second kappa shape index (κ2) is 5.54. The number of hydrogen-bond acceptors (Lipinski definition) is 1. The van der Waals surface area contributed by atoms with Crippen molar-refractivity contribution in [2.75, 3.05) is 5.88 Å². The van der Waals surface area contributed by atoms with Gasteiger partial charge in [0.05, 0.1) is 5.54 Å². The molecule has 1 aromatic rings. The van der Waals surface area contributed by atoms with E-state index in [1.54, 1.807) is 0 Å². The lowest BCUT2D eigenvalue weighted by atomic mass is 9.78. The zero-order valence-corrected chi connectivity index (χ0v) is 10.7. The SMILES string of the molecule is O=C(CCc1ccccc1)NC1(CCl)CCC1. The third-order valence-corrected chi connectivity index (χ3v) is 3.97. The van der Waals surface area contributed by atoms with Gasteiger partial charge < -0.3 is 5.32 Å². The molecule has 0 bridgehead atoms. The Balaban J connectivity index is 1.78. The number of hydrogen-bond donors (Lipinski definition) is 1. The van der Waals surface area contributed by atoms with Crippen LogP contribution < -0.4 is 5.32 Å². The molecule has 1 aliphatic carbocycles. The highest BCUT2D eigenvalue weighted by Gasteiger charge is 2.37. The van der Waals surface area contributed by atoms with E-state index in [-0.39, 0.29) is 11.4 Å². The Morgan fingerprint density at radius 3 is 2.53 bits per heavy atom. The van der Waals surface area contributed by atoms with Crippen LogP contribution in [0.5, 0.6) is 0 Å². The minimum Gasteiger partial charge on any atom is -0.349 e. The summed E-state index contributed by atoms with van der Waals surface area (Å²) in [5, 5.41) is 3.08. The largest absolute Gasteiger partial charge is 0.349 e. The lowest BCUT2D eigenvalue weighted by Crippen LogP contribution is -2.55. The van der Waals surface area contributed by atoms with E-state index in [0.29, 0.717) is 12.3 Å². The molecule has 0 heterocycles. The van der Waals surface area contributed by atoms with Gasteiger partial charge in [0, 0.05) is 12.3 Å². The number of halogens is 1. The highest BCUT2D eigenvalue weighted by molar-refractivity contribution is 6.18. The third kappa shape index (κ3) is 3.22. The van der Waals surface area contributed by atoms with Gasteiger partial charge >= 0.3 is 0 Å². The van der Waals surface area contributed by atoms with Crippen molar-refractivity contribution in [2.24, 2.45) is 0 Å². The van der Waals surface area contributed by atoms with E-state index in [9.17, 15) is 4.79 Å². The predicted octanol–water partition coefficient (Wildman–Crippen LogP) is 2.90. The number of carbonyl (C=O) groups is 1. The second-order valence-corrected chi connectivity index (χ2v) is 5.07. The Hall–Kier alpha value is -1.02. The second-order valence-electron chi connectivity index (χ2n) is 4.80. The molecule has 0 aliphatic heterocycles. The average molecular weight is 252 g/mol. The van der Waals surface area contributed by atoms with Crippen LogP contribution in [0.2, 0.25) is 0 Å². The molecule has 1 aliphatic rings. The molecular formula is C14H18ClNO. The van der Waals surface area contributed by atoms with E-state index in [1.807, 2.05) is 30.3 Å². The molecule has 0 aromatic heterocycles. The molecule has 0 radical (unpaired) electrons. The van der Waals surface area contributed by atoms with Crippen molar-refractivity contribution >= 4 is 17.5 Å². The molecule has 2 nitrogen and oxygen atoms in total. The molecule has 1 N–H and O–H groups in total. The fourth-order valence-electron chi connectivity index (χ4n) is 2.16. The number of aryl methyl sites for hydroxylation is 1. The number of rotatable bonds is 5. The predicted molar refractivity (Wildman–Crippen MR) is 70.2 cm³/mol. The Morgan fingerprint density at radius 1 is 1.29 bits per heavy atom. The fourth-order valence-corrected chi connectivity index (χ4v) is 2.49. The molecule has 1 fully saturated rings. The zero-order chi connectivity index (χ0) is 12.1. The first kappa shape index (κ1) is 12.4. The van der Waals surface area contributed by atoms with Gasteiger partial charge in [-0.15, -0.1) is 11.6 Å². The van der Waals surface area contributed by atoms with Crippen molar-refractivity contribution in [3.8, 4) is 0 Å². The molecule has 2 rings (SSSR count). The molecule has 1 saturated carbocycles. The van der Waals surface area contributed by atoms with E-state index < -0.39 is 0 Å². The summed E-state index contributed by atoms with van der Waals surface area (Å²) in [4.78, 5) is 11.8. The van der Waals surface area contributed by atoms with Gasteiger partial charge in [-0.05, 0) is 31.2 Å².